The number of benzene rings is 2. The summed E-state index contributed by atoms with van der Waals surface area (Å²) in [7, 11) is -3.65. The summed E-state index contributed by atoms with van der Waals surface area (Å²) in [4.78, 5) is 15.0. The van der Waals surface area contributed by atoms with Crippen LogP contribution in [0.15, 0.2) is 70.3 Å². The fourth-order valence-corrected chi connectivity index (χ4v) is 5.59. The predicted molar refractivity (Wildman–Crippen MR) is 121 cm³/mol. The molecule has 1 aliphatic rings. The van der Waals surface area contributed by atoms with Gasteiger partial charge in [-0.25, -0.2) is 8.42 Å². The first-order valence-electron chi connectivity index (χ1n) is 9.80. The van der Waals surface area contributed by atoms with E-state index in [2.05, 4.69) is 21.0 Å². The molecular weight excluding hydrogens is 418 g/mol. The Kier molecular flexibility index (Phi) is 6.06. The van der Waals surface area contributed by atoms with E-state index in [4.69, 9.17) is 0 Å². The molecule has 0 atom stereocenters. The number of hydrogen-bond acceptors (Lipinski definition) is 5. The topological polar surface area (TPSA) is 78.5 Å². The van der Waals surface area contributed by atoms with Gasteiger partial charge in [0.15, 0.2) is 0 Å². The number of nitrogens with one attached hydrogen (secondary N) is 2. The van der Waals surface area contributed by atoms with Crippen LogP contribution in [0.4, 0.5) is 11.4 Å². The second-order valence-electron chi connectivity index (χ2n) is 7.12. The lowest BCUT2D eigenvalue weighted by Gasteiger charge is -2.21. The van der Waals surface area contributed by atoms with Gasteiger partial charge in [0.05, 0.1) is 0 Å². The van der Waals surface area contributed by atoms with Crippen molar-refractivity contribution in [3.63, 3.8) is 0 Å². The molecule has 2 N–H and O–H groups in total. The molecule has 2 aromatic carbocycles. The lowest BCUT2D eigenvalue weighted by molar-refractivity contribution is 0.0951. The van der Waals surface area contributed by atoms with Gasteiger partial charge in [-0.2, -0.15) is 0 Å². The summed E-state index contributed by atoms with van der Waals surface area (Å²) in [6.45, 7) is 2.49. The van der Waals surface area contributed by atoms with Crippen LogP contribution in [-0.2, 0) is 16.6 Å². The third-order valence-corrected chi connectivity index (χ3v) is 7.79. The summed E-state index contributed by atoms with van der Waals surface area (Å²) in [5, 5.41) is 4.66. The van der Waals surface area contributed by atoms with Gasteiger partial charge in [0.1, 0.15) is 4.21 Å². The summed E-state index contributed by atoms with van der Waals surface area (Å²) in [5.41, 5.74) is 2.99. The standard InChI is InChI=1S/C22H23N3O3S2/c26-22(23-16-18-7-1-2-10-20(18)25-12-3-4-13-25)17-8-5-9-19(15-17)24-30(27,28)21-11-6-14-29-21/h1-2,5-11,14-15,24H,3-4,12-13,16H2,(H,23,26). The van der Waals surface area contributed by atoms with Gasteiger partial charge in [-0.15, -0.1) is 11.3 Å². The Morgan fingerprint density at radius 3 is 2.57 bits per heavy atom. The van der Waals surface area contributed by atoms with Gasteiger partial charge in [-0.1, -0.05) is 30.3 Å². The van der Waals surface area contributed by atoms with Crippen molar-refractivity contribution in [1.82, 2.24) is 5.32 Å². The van der Waals surface area contributed by atoms with Crippen LogP contribution >= 0.6 is 11.3 Å². The van der Waals surface area contributed by atoms with Gasteiger partial charge in [0.2, 0.25) is 0 Å². The monoisotopic (exact) mass is 441 g/mol. The first-order valence-corrected chi connectivity index (χ1v) is 12.2. The Morgan fingerprint density at radius 1 is 1.00 bits per heavy atom. The molecule has 0 aliphatic carbocycles. The summed E-state index contributed by atoms with van der Waals surface area (Å²) in [6, 6.07) is 17.8. The Bertz CT molecular complexity index is 1120. The predicted octanol–water partition coefficient (Wildman–Crippen LogP) is 4.08. The zero-order valence-electron chi connectivity index (χ0n) is 16.4. The molecule has 1 aromatic heterocycles. The fourth-order valence-electron chi connectivity index (χ4n) is 3.55. The minimum atomic E-state index is -3.65. The minimum Gasteiger partial charge on any atom is -0.371 e. The van der Waals surface area contributed by atoms with E-state index in [9.17, 15) is 13.2 Å². The largest absolute Gasteiger partial charge is 0.371 e. The maximum Gasteiger partial charge on any atom is 0.271 e. The summed E-state index contributed by atoms with van der Waals surface area (Å²) >= 11 is 1.14. The minimum absolute atomic E-state index is 0.232. The lowest BCUT2D eigenvalue weighted by atomic mass is 10.1. The molecule has 0 spiro atoms. The molecule has 2 heterocycles. The molecule has 0 unspecified atom stereocenters. The average molecular weight is 442 g/mol. The highest BCUT2D eigenvalue weighted by atomic mass is 32.2. The van der Waals surface area contributed by atoms with Crippen LogP contribution in [0.5, 0.6) is 0 Å². The van der Waals surface area contributed by atoms with Crippen LogP contribution < -0.4 is 14.9 Å². The Balaban J connectivity index is 1.44. The van der Waals surface area contributed by atoms with Crippen molar-refractivity contribution < 1.29 is 13.2 Å². The molecule has 0 saturated carbocycles. The van der Waals surface area contributed by atoms with Crippen molar-refractivity contribution in [3.05, 3.63) is 77.2 Å². The molecule has 156 valence electrons. The molecule has 4 rings (SSSR count). The fraction of sp³-hybridized carbons (Fsp3) is 0.227. The quantitative estimate of drug-likeness (QED) is 0.579. The van der Waals surface area contributed by atoms with Crippen molar-refractivity contribution in [2.45, 2.75) is 23.6 Å². The molecule has 1 fully saturated rings. The zero-order chi connectivity index (χ0) is 21.0. The Hall–Kier alpha value is -2.84. The van der Waals surface area contributed by atoms with Crippen LogP contribution in [0.3, 0.4) is 0 Å². The van der Waals surface area contributed by atoms with Crippen LogP contribution in [-0.4, -0.2) is 27.4 Å². The second-order valence-corrected chi connectivity index (χ2v) is 9.98. The van der Waals surface area contributed by atoms with E-state index in [1.165, 1.54) is 12.8 Å². The van der Waals surface area contributed by atoms with Gasteiger partial charge < -0.3 is 10.2 Å². The molecule has 3 aromatic rings. The van der Waals surface area contributed by atoms with Crippen molar-refractivity contribution in [2.24, 2.45) is 0 Å². The SMILES string of the molecule is O=C(NCc1ccccc1N1CCCC1)c1cccc(NS(=O)(=O)c2cccs2)c1. The van der Waals surface area contributed by atoms with Gasteiger partial charge in [0.25, 0.3) is 15.9 Å². The molecule has 1 saturated heterocycles. The number of anilines is 2. The maximum atomic E-state index is 12.7. The van der Waals surface area contributed by atoms with Crippen molar-refractivity contribution in [1.29, 1.82) is 0 Å². The van der Waals surface area contributed by atoms with Gasteiger partial charge in [0, 0.05) is 36.6 Å². The Morgan fingerprint density at radius 2 is 1.80 bits per heavy atom. The molecule has 1 aliphatic heterocycles. The van der Waals surface area contributed by atoms with Crippen molar-refractivity contribution >= 4 is 38.6 Å². The first-order chi connectivity index (χ1) is 14.5. The third kappa shape index (κ3) is 4.66. The number of rotatable bonds is 7. The van der Waals surface area contributed by atoms with E-state index in [0.717, 1.165) is 35.7 Å². The summed E-state index contributed by atoms with van der Waals surface area (Å²) in [5.74, 6) is -0.247. The summed E-state index contributed by atoms with van der Waals surface area (Å²) in [6.07, 6.45) is 2.38. The Labute approximate surface area is 180 Å². The van der Waals surface area contributed by atoms with Crippen LogP contribution in [0, 0.1) is 0 Å². The molecule has 0 radical (unpaired) electrons. The molecule has 8 heteroatoms. The number of hydrogen-bond donors (Lipinski definition) is 2. The highest BCUT2D eigenvalue weighted by molar-refractivity contribution is 7.94. The van der Waals surface area contributed by atoms with E-state index in [1.54, 1.807) is 41.8 Å². The van der Waals surface area contributed by atoms with Gasteiger partial charge in [-0.3, -0.25) is 9.52 Å². The van der Waals surface area contributed by atoms with Crippen LogP contribution in [0.1, 0.15) is 28.8 Å². The van der Waals surface area contributed by atoms with Crippen molar-refractivity contribution in [2.75, 3.05) is 22.7 Å². The molecule has 0 bridgehead atoms. The number of amides is 1. The van der Waals surface area contributed by atoms with Gasteiger partial charge >= 0.3 is 0 Å². The normalized spacial score (nSPS) is 13.9. The number of sulfonamides is 1. The van der Waals surface area contributed by atoms with E-state index < -0.39 is 10.0 Å². The number of nitrogens with zero attached hydrogens (tertiary/aromatic N) is 1. The molecule has 6 nitrogen and oxygen atoms in total. The first kappa shape index (κ1) is 20.4. The van der Waals surface area contributed by atoms with Crippen LogP contribution in [0.2, 0.25) is 0 Å². The van der Waals surface area contributed by atoms with E-state index in [0.29, 0.717) is 17.8 Å². The van der Waals surface area contributed by atoms with Crippen molar-refractivity contribution in [3.8, 4) is 0 Å². The smallest absolute Gasteiger partial charge is 0.271 e. The van der Waals surface area contributed by atoms with E-state index in [1.807, 2.05) is 18.2 Å². The van der Waals surface area contributed by atoms with Gasteiger partial charge in [-0.05, 0) is 54.1 Å². The van der Waals surface area contributed by atoms with E-state index in [-0.39, 0.29) is 10.1 Å². The maximum absolute atomic E-state index is 12.7. The molecule has 30 heavy (non-hydrogen) atoms. The molecule has 1 amide bonds. The zero-order valence-corrected chi connectivity index (χ0v) is 18.0. The number of para-hydroxylation sites is 1. The lowest BCUT2D eigenvalue weighted by Crippen LogP contribution is -2.25. The third-order valence-electron chi connectivity index (χ3n) is 5.01. The van der Waals surface area contributed by atoms with Crippen LogP contribution in [0.25, 0.3) is 0 Å². The average Bonchev–Trinajstić information content (AvgIpc) is 3.46. The highest BCUT2D eigenvalue weighted by Gasteiger charge is 2.17. The number of carbonyl (C=O) groups is 1. The van der Waals surface area contributed by atoms with E-state index >= 15 is 0 Å². The highest BCUT2D eigenvalue weighted by Crippen LogP contribution is 2.25. The number of thiophene rings is 1. The summed E-state index contributed by atoms with van der Waals surface area (Å²) < 4.78 is 27.6. The molecular formula is C22H23N3O3S2. The second kappa shape index (κ2) is 8.89. The number of carbonyl (C=O) groups excluding carboxylic acids is 1.